The number of nitrogens with zero attached hydrogens (tertiary/aromatic N) is 3. The second-order valence-corrected chi connectivity index (χ2v) is 5.79. The number of nitriles is 1. The van der Waals surface area contributed by atoms with Crippen molar-refractivity contribution in [3.63, 3.8) is 0 Å². The zero-order valence-corrected chi connectivity index (χ0v) is 12.2. The molecule has 108 valence electrons. The van der Waals surface area contributed by atoms with Crippen LogP contribution in [0.1, 0.15) is 24.1 Å². The molecule has 1 aliphatic carbocycles. The Morgan fingerprint density at radius 3 is 3.09 bits per heavy atom. The van der Waals surface area contributed by atoms with E-state index in [0.717, 1.165) is 28.7 Å². The van der Waals surface area contributed by atoms with Gasteiger partial charge in [-0.2, -0.15) is 5.26 Å². The molecule has 1 aliphatic rings. The second kappa shape index (κ2) is 4.85. The van der Waals surface area contributed by atoms with Crippen LogP contribution in [0.25, 0.3) is 22.3 Å². The highest BCUT2D eigenvalue weighted by Gasteiger charge is 2.29. The minimum Gasteiger partial charge on any atom is -0.346 e. The molecule has 4 rings (SSSR count). The molecule has 0 saturated heterocycles. The largest absolute Gasteiger partial charge is 0.346 e. The van der Waals surface area contributed by atoms with Crippen molar-refractivity contribution in [1.82, 2.24) is 20.3 Å². The fourth-order valence-electron chi connectivity index (χ4n) is 3.38. The Labute approximate surface area is 128 Å². The van der Waals surface area contributed by atoms with E-state index in [1.807, 2.05) is 12.3 Å². The van der Waals surface area contributed by atoms with E-state index in [0.29, 0.717) is 5.92 Å². The topological polar surface area (TPSA) is 77.4 Å². The zero-order valence-electron chi connectivity index (χ0n) is 12.2. The molecule has 3 aromatic rings. The van der Waals surface area contributed by atoms with E-state index < -0.39 is 0 Å². The Kier molecular flexibility index (Phi) is 2.83. The summed E-state index contributed by atoms with van der Waals surface area (Å²) in [6.45, 7) is 2.17. The summed E-state index contributed by atoms with van der Waals surface area (Å²) in [5, 5.41) is 12.9. The third kappa shape index (κ3) is 1.85. The van der Waals surface area contributed by atoms with Crippen LogP contribution < -0.4 is 5.32 Å². The molecule has 5 nitrogen and oxygen atoms in total. The molecule has 0 fully saturated rings. The van der Waals surface area contributed by atoms with Crippen LogP contribution in [-0.2, 0) is 6.42 Å². The third-order valence-electron chi connectivity index (χ3n) is 4.44. The minimum atomic E-state index is 0.0866. The van der Waals surface area contributed by atoms with E-state index in [2.05, 4.69) is 51.6 Å². The molecular formula is C17H15N5. The van der Waals surface area contributed by atoms with E-state index >= 15 is 0 Å². The molecule has 0 spiro atoms. The van der Waals surface area contributed by atoms with E-state index in [1.54, 1.807) is 6.33 Å². The highest BCUT2D eigenvalue weighted by Crippen LogP contribution is 2.38. The normalized spacial score (nSPS) is 19.8. The lowest BCUT2D eigenvalue weighted by Crippen LogP contribution is -2.18. The van der Waals surface area contributed by atoms with Gasteiger partial charge in [-0.1, -0.05) is 19.1 Å². The monoisotopic (exact) mass is 289 g/mol. The first-order valence-corrected chi connectivity index (χ1v) is 7.34. The molecule has 0 amide bonds. The van der Waals surface area contributed by atoms with E-state index in [4.69, 9.17) is 5.26 Å². The number of nitrogens with one attached hydrogen (secondary N) is 2. The van der Waals surface area contributed by atoms with Crippen LogP contribution in [0.3, 0.4) is 0 Å². The van der Waals surface area contributed by atoms with Gasteiger partial charge in [0, 0.05) is 17.1 Å². The van der Waals surface area contributed by atoms with E-state index in [1.165, 1.54) is 11.1 Å². The first-order chi connectivity index (χ1) is 10.8. The Morgan fingerprint density at radius 2 is 2.23 bits per heavy atom. The van der Waals surface area contributed by atoms with E-state index in [-0.39, 0.29) is 6.04 Å². The number of aromatic nitrogens is 3. The maximum atomic E-state index is 8.98. The summed E-state index contributed by atoms with van der Waals surface area (Å²) >= 11 is 0. The Bertz CT molecular complexity index is 889. The van der Waals surface area contributed by atoms with Gasteiger partial charge < -0.3 is 10.3 Å². The summed E-state index contributed by atoms with van der Waals surface area (Å²) in [6, 6.07) is 8.49. The summed E-state index contributed by atoms with van der Waals surface area (Å²) in [7, 11) is 0. The number of hydrogen-bond acceptors (Lipinski definition) is 4. The predicted molar refractivity (Wildman–Crippen MR) is 83.7 cm³/mol. The molecule has 0 bridgehead atoms. The molecule has 2 aromatic heterocycles. The van der Waals surface area contributed by atoms with Gasteiger partial charge in [-0.05, 0) is 35.6 Å². The van der Waals surface area contributed by atoms with Gasteiger partial charge in [-0.15, -0.1) is 0 Å². The Balaban J connectivity index is 1.86. The molecule has 22 heavy (non-hydrogen) atoms. The standard InChI is InChI=1S/C17H15N5/c1-10-6-11-2-3-12(7-14(11)15(10)20-8-18)16-13-4-5-19-17(13)22-9-21-16/h2-5,7,9-10,15,20H,6H2,1H3,(H,19,21,22). The number of fused-ring (bicyclic) bond motifs is 2. The van der Waals surface area contributed by atoms with Crippen LogP contribution in [0.2, 0.25) is 0 Å². The highest BCUT2D eigenvalue weighted by atomic mass is 14.9. The summed E-state index contributed by atoms with van der Waals surface area (Å²) in [4.78, 5) is 11.8. The molecule has 0 saturated carbocycles. The van der Waals surface area contributed by atoms with Gasteiger partial charge in [-0.25, -0.2) is 9.97 Å². The maximum Gasteiger partial charge on any atom is 0.177 e. The van der Waals surface area contributed by atoms with Crippen LogP contribution in [0.5, 0.6) is 0 Å². The number of benzene rings is 1. The van der Waals surface area contributed by atoms with Crippen molar-refractivity contribution < 1.29 is 0 Å². The molecule has 2 N–H and O–H groups in total. The molecule has 0 aliphatic heterocycles. The van der Waals surface area contributed by atoms with Crippen LogP contribution in [0, 0.1) is 17.4 Å². The third-order valence-corrected chi connectivity index (χ3v) is 4.44. The highest BCUT2D eigenvalue weighted by molar-refractivity contribution is 5.90. The summed E-state index contributed by atoms with van der Waals surface area (Å²) in [5.41, 5.74) is 5.33. The number of H-pyrrole nitrogens is 1. The van der Waals surface area contributed by atoms with Gasteiger partial charge in [-0.3, -0.25) is 0 Å². The molecule has 2 atom stereocenters. The van der Waals surface area contributed by atoms with Gasteiger partial charge in [0.05, 0.1) is 11.7 Å². The molecule has 1 aromatic carbocycles. The minimum absolute atomic E-state index is 0.0866. The van der Waals surface area contributed by atoms with Crippen molar-refractivity contribution in [3.8, 4) is 17.5 Å². The molecule has 0 radical (unpaired) electrons. The smallest absolute Gasteiger partial charge is 0.177 e. The second-order valence-electron chi connectivity index (χ2n) is 5.79. The molecule has 5 heteroatoms. The van der Waals surface area contributed by atoms with Gasteiger partial charge in [0.1, 0.15) is 12.0 Å². The average Bonchev–Trinajstić information content (AvgIpc) is 3.12. The summed E-state index contributed by atoms with van der Waals surface area (Å²) in [6.07, 6.45) is 6.54. The van der Waals surface area contributed by atoms with Gasteiger partial charge >= 0.3 is 0 Å². The zero-order chi connectivity index (χ0) is 15.1. The van der Waals surface area contributed by atoms with Gasteiger partial charge in [0.25, 0.3) is 0 Å². The summed E-state index contributed by atoms with van der Waals surface area (Å²) < 4.78 is 0. The van der Waals surface area contributed by atoms with Crippen LogP contribution in [0.15, 0.2) is 36.8 Å². The lowest BCUT2D eigenvalue weighted by molar-refractivity contribution is 0.466. The lowest BCUT2D eigenvalue weighted by atomic mass is 10.00. The molecule has 2 heterocycles. The van der Waals surface area contributed by atoms with Crippen molar-refractivity contribution in [2.75, 3.05) is 0 Å². The van der Waals surface area contributed by atoms with Crippen molar-refractivity contribution in [2.24, 2.45) is 5.92 Å². The first-order valence-electron chi connectivity index (χ1n) is 7.34. The number of hydrogen-bond donors (Lipinski definition) is 2. The predicted octanol–water partition coefficient (Wildman–Crippen LogP) is 2.93. The average molecular weight is 289 g/mol. The van der Waals surface area contributed by atoms with Crippen molar-refractivity contribution in [2.45, 2.75) is 19.4 Å². The van der Waals surface area contributed by atoms with Crippen molar-refractivity contribution in [1.29, 1.82) is 5.26 Å². The molecular weight excluding hydrogens is 274 g/mol. The fourth-order valence-corrected chi connectivity index (χ4v) is 3.38. The van der Waals surface area contributed by atoms with E-state index in [9.17, 15) is 0 Å². The van der Waals surface area contributed by atoms with Crippen molar-refractivity contribution in [3.05, 3.63) is 47.9 Å². The van der Waals surface area contributed by atoms with Crippen LogP contribution in [-0.4, -0.2) is 15.0 Å². The summed E-state index contributed by atoms with van der Waals surface area (Å²) in [5.74, 6) is 0.419. The Hall–Kier alpha value is -2.87. The maximum absolute atomic E-state index is 8.98. The van der Waals surface area contributed by atoms with Crippen LogP contribution in [0.4, 0.5) is 0 Å². The Morgan fingerprint density at radius 1 is 1.32 bits per heavy atom. The SMILES string of the molecule is CC1Cc2ccc(-c3ncnc4[nH]ccc34)cc2C1NC#N. The van der Waals surface area contributed by atoms with Crippen molar-refractivity contribution >= 4 is 11.0 Å². The molecule has 2 unspecified atom stereocenters. The van der Waals surface area contributed by atoms with Gasteiger partial charge in [0.15, 0.2) is 6.19 Å². The lowest BCUT2D eigenvalue weighted by Gasteiger charge is -2.15. The quantitative estimate of drug-likeness (QED) is 0.561. The fraction of sp³-hybridized carbons (Fsp3) is 0.235. The van der Waals surface area contributed by atoms with Gasteiger partial charge in [0.2, 0.25) is 0 Å². The number of rotatable bonds is 2. The van der Waals surface area contributed by atoms with Crippen LogP contribution >= 0.6 is 0 Å². The first kappa shape index (κ1) is 12.8. The number of aromatic amines is 1.